The monoisotopic (exact) mass is 246 g/mol. The van der Waals surface area contributed by atoms with Gasteiger partial charge in [-0.1, -0.05) is 0 Å². The molecule has 2 N–H and O–H groups in total. The molecule has 0 aromatic carbocycles. The second-order valence-electron chi connectivity index (χ2n) is 3.47. The van der Waals surface area contributed by atoms with Crippen LogP contribution in [-0.4, -0.2) is 43.9 Å². The quantitative estimate of drug-likeness (QED) is 0.601. The van der Waals surface area contributed by atoms with E-state index in [1.54, 1.807) is 19.6 Å². The molecular weight excluding hydrogens is 228 g/mol. The Morgan fingerprint density at radius 1 is 1.38 bits per heavy atom. The van der Waals surface area contributed by atoms with E-state index in [2.05, 4.69) is 15.0 Å². The van der Waals surface area contributed by atoms with Gasteiger partial charge >= 0.3 is 0 Å². The molecule has 16 heavy (non-hydrogen) atoms. The predicted molar refractivity (Wildman–Crippen MR) is 62.6 cm³/mol. The van der Waals surface area contributed by atoms with Crippen molar-refractivity contribution in [2.75, 3.05) is 25.9 Å². The van der Waals surface area contributed by atoms with Crippen molar-refractivity contribution < 1.29 is 8.42 Å². The molecule has 7 heteroatoms. The first-order chi connectivity index (χ1) is 7.64. The Balaban J connectivity index is 2.15. The number of nitrogens with zero attached hydrogens (tertiary/aromatic N) is 2. The van der Waals surface area contributed by atoms with Crippen molar-refractivity contribution in [2.24, 2.45) is 0 Å². The lowest BCUT2D eigenvalue weighted by Gasteiger charge is -2.06. The van der Waals surface area contributed by atoms with Crippen LogP contribution in [0.25, 0.3) is 0 Å². The molecule has 0 amide bonds. The minimum atomic E-state index is -3.12. The number of rotatable bonds is 8. The molecule has 1 heterocycles. The Morgan fingerprint density at radius 3 is 2.81 bits per heavy atom. The van der Waals surface area contributed by atoms with Crippen LogP contribution < -0.4 is 10.0 Å². The van der Waals surface area contributed by atoms with Gasteiger partial charge in [0.05, 0.1) is 12.1 Å². The second kappa shape index (κ2) is 6.62. The third kappa shape index (κ3) is 5.24. The van der Waals surface area contributed by atoms with Gasteiger partial charge in [-0.3, -0.25) is 0 Å². The first-order valence-electron chi connectivity index (χ1n) is 5.22. The average Bonchev–Trinajstić information content (AvgIpc) is 2.75. The predicted octanol–water partition coefficient (Wildman–Crippen LogP) is -0.588. The molecule has 92 valence electrons. The summed E-state index contributed by atoms with van der Waals surface area (Å²) < 4.78 is 27.2. The zero-order chi connectivity index (χ0) is 11.9. The van der Waals surface area contributed by atoms with Gasteiger partial charge in [0.25, 0.3) is 0 Å². The van der Waals surface area contributed by atoms with Crippen molar-refractivity contribution in [3.8, 4) is 0 Å². The molecule has 0 unspecified atom stereocenters. The maximum Gasteiger partial charge on any atom is 0.212 e. The first-order valence-corrected chi connectivity index (χ1v) is 6.87. The van der Waals surface area contributed by atoms with Crippen molar-refractivity contribution in [3.63, 3.8) is 0 Å². The number of aromatic nitrogens is 2. The topological polar surface area (TPSA) is 76.0 Å². The average molecular weight is 246 g/mol. The molecule has 0 aliphatic carbocycles. The summed E-state index contributed by atoms with van der Waals surface area (Å²) in [5.74, 6) is 0.120. The van der Waals surface area contributed by atoms with Crippen molar-refractivity contribution in [2.45, 2.75) is 13.0 Å². The lowest BCUT2D eigenvalue weighted by atomic mass is 10.4. The van der Waals surface area contributed by atoms with Crippen LogP contribution in [0.5, 0.6) is 0 Å². The molecular formula is C9H18N4O2S. The summed E-state index contributed by atoms with van der Waals surface area (Å²) in [6.45, 7) is 1.70. The van der Waals surface area contributed by atoms with Crippen LogP contribution in [0.3, 0.4) is 0 Å². The van der Waals surface area contributed by atoms with Gasteiger partial charge < -0.3 is 9.88 Å². The van der Waals surface area contributed by atoms with E-state index in [9.17, 15) is 8.42 Å². The Morgan fingerprint density at radius 2 is 2.19 bits per heavy atom. The molecule has 0 atom stereocenters. The van der Waals surface area contributed by atoms with E-state index in [1.807, 2.05) is 10.8 Å². The van der Waals surface area contributed by atoms with Gasteiger partial charge in [-0.15, -0.1) is 0 Å². The molecule has 6 nitrogen and oxygen atoms in total. The fourth-order valence-corrected chi connectivity index (χ4v) is 2.29. The number of aryl methyl sites for hydroxylation is 1. The minimum Gasteiger partial charge on any atom is -0.337 e. The van der Waals surface area contributed by atoms with Crippen LogP contribution in [-0.2, 0) is 16.6 Å². The van der Waals surface area contributed by atoms with E-state index < -0.39 is 10.0 Å². The molecule has 0 bridgehead atoms. The van der Waals surface area contributed by atoms with E-state index in [4.69, 9.17) is 0 Å². The highest BCUT2D eigenvalue weighted by Crippen LogP contribution is 1.90. The number of imidazole rings is 1. The largest absolute Gasteiger partial charge is 0.337 e. The standard InChI is InChI=1S/C9H18N4O2S/c1-10-5-8-16(14,15)12-3-2-6-13-7-4-11-9-13/h4,7,9-10,12H,2-3,5-6,8H2,1H3. The Hall–Kier alpha value is -0.920. The van der Waals surface area contributed by atoms with E-state index >= 15 is 0 Å². The van der Waals surface area contributed by atoms with Gasteiger partial charge in [0.15, 0.2) is 0 Å². The Bertz CT molecular complexity index is 374. The summed E-state index contributed by atoms with van der Waals surface area (Å²) in [6, 6.07) is 0. The van der Waals surface area contributed by atoms with Crippen LogP contribution in [0.4, 0.5) is 0 Å². The zero-order valence-electron chi connectivity index (χ0n) is 9.39. The highest BCUT2D eigenvalue weighted by molar-refractivity contribution is 7.89. The summed E-state index contributed by atoms with van der Waals surface area (Å²) >= 11 is 0. The van der Waals surface area contributed by atoms with Crippen molar-refractivity contribution >= 4 is 10.0 Å². The Labute approximate surface area is 96.1 Å². The highest BCUT2D eigenvalue weighted by Gasteiger charge is 2.07. The summed E-state index contributed by atoms with van der Waals surface area (Å²) in [6.07, 6.45) is 6.04. The van der Waals surface area contributed by atoms with Crippen LogP contribution in [0.1, 0.15) is 6.42 Å². The van der Waals surface area contributed by atoms with Crippen molar-refractivity contribution in [3.05, 3.63) is 18.7 Å². The molecule has 0 aliphatic heterocycles. The van der Waals surface area contributed by atoms with E-state index in [-0.39, 0.29) is 5.75 Å². The SMILES string of the molecule is CNCCS(=O)(=O)NCCCn1ccnc1. The summed E-state index contributed by atoms with van der Waals surface area (Å²) in [7, 11) is -1.39. The molecule has 0 aliphatic rings. The summed E-state index contributed by atoms with van der Waals surface area (Å²) in [5.41, 5.74) is 0. The maximum absolute atomic E-state index is 11.4. The smallest absolute Gasteiger partial charge is 0.212 e. The van der Waals surface area contributed by atoms with Gasteiger partial charge in [0.2, 0.25) is 10.0 Å². The lowest BCUT2D eigenvalue weighted by molar-refractivity contribution is 0.568. The molecule has 0 saturated heterocycles. The van der Waals surface area contributed by atoms with Gasteiger partial charge in [-0.05, 0) is 13.5 Å². The van der Waals surface area contributed by atoms with Gasteiger partial charge in [0.1, 0.15) is 0 Å². The van der Waals surface area contributed by atoms with Crippen molar-refractivity contribution in [1.29, 1.82) is 0 Å². The van der Waals surface area contributed by atoms with Gasteiger partial charge in [-0.25, -0.2) is 18.1 Å². The second-order valence-corrected chi connectivity index (χ2v) is 5.40. The zero-order valence-corrected chi connectivity index (χ0v) is 10.2. The van der Waals surface area contributed by atoms with Gasteiger partial charge in [-0.2, -0.15) is 0 Å². The molecule has 1 rings (SSSR count). The molecule has 0 saturated carbocycles. The maximum atomic E-state index is 11.4. The van der Waals surface area contributed by atoms with Crippen LogP contribution >= 0.6 is 0 Å². The summed E-state index contributed by atoms with van der Waals surface area (Å²) in [5, 5.41) is 2.81. The Kier molecular flexibility index (Phi) is 5.44. The first kappa shape index (κ1) is 13.1. The fraction of sp³-hybridized carbons (Fsp3) is 0.667. The van der Waals surface area contributed by atoms with E-state index in [0.717, 1.165) is 13.0 Å². The number of nitrogens with one attached hydrogen (secondary N) is 2. The summed E-state index contributed by atoms with van der Waals surface area (Å²) in [4.78, 5) is 3.91. The molecule has 0 spiro atoms. The van der Waals surface area contributed by atoms with Crippen LogP contribution in [0.2, 0.25) is 0 Å². The highest BCUT2D eigenvalue weighted by atomic mass is 32.2. The molecule has 0 fully saturated rings. The van der Waals surface area contributed by atoms with E-state index in [0.29, 0.717) is 13.1 Å². The lowest BCUT2D eigenvalue weighted by Crippen LogP contribution is -2.31. The minimum absolute atomic E-state index is 0.120. The number of sulfonamides is 1. The van der Waals surface area contributed by atoms with Crippen LogP contribution in [0, 0.1) is 0 Å². The third-order valence-corrected chi connectivity index (χ3v) is 3.48. The normalized spacial score (nSPS) is 11.8. The third-order valence-electron chi connectivity index (χ3n) is 2.10. The molecule has 1 aromatic rings. The molecule has 1 aromatic heterocycles. The van der Waals surface area contributed by atoms with Gasteiger partial charge in [0, 0.05) is 32.0 Å². The van der Waals surface area contributed by atoms with Crippen LogP contribution in [0.15, 0.2) is 18.7 Å². The van der Waals surface area contributed by atoms with Crippen molar-refractivity contribution in [1.82, 2.24) is 19.6 Å². The number of hydrogen-bond acceptors (Lipinski definition) is 4. The van der Waals surface area contributed by atoms with E-state index in [1.165, 1.54) is 0 Å². The fourth-order valence-electron chi connectivity index (χ4n) is 1.22. The number of hydrogen-bond donors (Lipinski definition) is 2. The molecule has 0 radical (unpaired) electrons.